The van der Waals surface area contributed by atoms with Crippen LogP contribution in [0.15, 0.2) is 24.3 Å². The first-order valence-corrected chi connectivity index (χ1v) is 5.95. The van der Waals surface area contributed by atoms with Crippen molar-refractivity contribution >= 4 is 11.7 Å². The maximum atomic E-state index is 11.5. The predicted octanol–water partition coefficient (Wildman–Crippen LogP) is 2.31. The number of carbonyl (C=O) groups excluding carboxylic acids is 1. The van der Waals surface area contributed by atoms with Gasteiger partial charge < -0.3 is 16.4 Å². The van der Waals surface area contributed by atoms with Gasteiger partial charge in [-0.15, -0.1) is 0 Å². The van der Waals surface area contributed by atoms with Crippen LogP contribution in [0.25, 0.3) is 0 Å². The minimum atomic E-state index is -0.161. The molecule has 17 heavy (non-hydrogen) atoms. The second-order valence-corrected chi connectivity index (χ2v) is 4.46. The van der Waals surface area contributed by atoms with Gasteiger partial charge >= 0.3 is 6.03 Å². The van der Waals surface area contributed by atoms with E-state index in [0.717, 1.165) is 17.7 Å². The quantitative estimate of drug-likeness (QED) is 0.733. The molecule has 0 fully saturated rings. The minimum absolute atomic E-state index is 0.161. The highest BCUT2D eigenvalue weighted by Crippen LogP contribution is 2.08. The number of urea groups is 1. The van der Waals surface area contributed by atoms with Crippen LogP contribution in [0, 0.1) is 5.92 Å². The van der Waals surface area contributed by atoms with Crippen LogP contribution >= 0.6 is 0 Å². The summed E-state index contributed by atoms with van der Waals surface area (Å²) in [5, 5.41) is 5.59. The molecule has 0 bridgehead atoms. The number of nitrogens with two attached hydrogens (primary N) is 1. The fourth-order valence-electron chi connectivity index (χ4n) is 1.37. The Hall–Kier alpha value is -1.55. The van der Waals surface area contributed by atoms with Crippen molar-refractivity contribution in [2.75, 3.05) is 11.9 Å². The van der Waals surface area contributed by atoms with Gasteiger partial charge in [-0.2, -0.15) is 0 Å². The van der Waals surface area contributed by atoms with E-state index in [2.05, 4.69) is 24.5 Å². The Morgan fingerprint density at radius 1 is 1.29 bits per heavy atom. The molecule has 0 aliphatic carbocycles. The van der Waals surface area contributed by atoms with E-state index >= 15 is 0 Å². The molecule has 0 saturated carbocycles. The van der Waals surface area contributed by atoms with E-state index < -0.39 is 0 Å². The van der Waals surface area contributed by atoms with Gasteiger partial charge in [0.15, 0.2) is 0 Å². The molecule has 0 aromatic heterocycles. The van der Waals surface area contributed by atoms with Crippen molar-refractivity contribution in [2.45, 2.75) is 26.8 Å². The molecular formula is C13H21N3O. The molecule has 0 spiro atoms. The average molecular weight is 235 g/mol. The van der Waals surface area contributed by atoms with Gasteiger partial charge in [-0.05, 0) is 30.0 Å². The lowest BCUT2D eigenvalue weighted by molar-refractivity contribution is 0.251. The third-order valence-electron chi connectivity index (χ3n) is 2.45. The summed E-state index contributed by atoms with van der Waals surface area (Å²) in [7, 11) is 0. The molecule has 0 atom stereocenters. The highest BCUT2D eigenvalue weighted by Gasteiger charge is 2.01. The summed E-state index contributed by atoms with van der Waals surface area (Å²) in [5.74, 6) is 0.596. The molecule has 4 nitrogen and oxygen atoms in total. The molecule has 0 heterocycles. The first-order valence-electron chi connectivity index (χ1n) is 5.95. The van der Waals surface area contributed by atoms with Gasteiger partial charge in [0.25, 0.3) is 0 Å². The standard InChI is InChI=1S/C13H21N3O/c1-10(2)7-8-15-13(17)16-12-5-3-11(9-14)4-6-12/h3-6,10H,7-9,14H2,1-2H3,(H2,15,16,17). The molecule has 1 aromatic rings. The fourth-order valence-corrected chi connectivity index (χ4v) is 1.37. The van der Waals surface area contributed by atoms with Crippen LogP contribution in [0.5, 0.6) is 0 Å². The highest BCUT2D eigenvalue weighted by atomic mass is 16.2. The third kappa shape index (κ3) is 5.36. The molecule has 0 aliphatic heterocycles. The van der Waals surface area contributed by atoms with Gasteiger partial charge in [0.05, 0.1) is 0 Å². The molecule has 0 aliphatic rings. The van der Waals surface area contributed by atoms with E-state index in [4.69, 9.17) is 5.73 Å². The summed E-state index contributed by atoms with van der Waals surface area (Å²) in [6, 6.07) is 7.35. The average Bonchev–Trinajstić information content (AvgIpc) is 2.29. The lowest BCUT2D eigenvalue weighted by Crippen LogP contribution is -2.30. The third-order valence-corrected chi connectivity index (χ3v) is 2.45. The van der Waals surface area contributed by atoms with E-state index in [1.54, 1.807) is 0 Å². The zero-order chi connectivity index (χ0) is 12.7. The molecule has 0 unspecified atom stereocenters. The number of anilines is 1. The Labute approximate surface area is 103 Å². The molecule has 94 valence electrons. The maximum Gasteiger partial charge on any atom is 0.319 e. The van der Waals surface area contributed by atoms with Crippen molar-refractivity contribution in [3.63, 3.8) is 0 Å². The predicted molar refractivity (Wildman–Crippen MR) is 70.8 cm³/mol. The lowest BCUT2D eigenvalue weighted by Gasteiger charge is -2.09. The van der Waals surface area contributed by atoms with Crippen LogP contribution in [-0.2, 0) is 6.54 Å². The largest absolute Gasteiger partial charge is 0.338 e. The fraction of sp³-hybridized carbons (Fsp3) is 0.462. The Balaban J connectivity index is 2.34. The second-order valence-electron chi connectivity index (χ2n) is 4.46. The Morgan fingerprint density at radius 3 is 2.47 bits per heavy atom. The van der Waals surface area contributed by atoms with Crippen molar-refractivity contribution in [3.8, 4) is 0 Å². The Morgan fingerprint density at radius 2 is 1.94 bits per heavy atom. The molecule has 4 N–H and O–H groups in total. The van der Waals surface area contributed by atoms with Crippen molar-refractivity contribution in [1.29, 1.82) is 0 Å². The van der Waals surface area contributed by atoms with Gasteiger partial charge in [0, 0.05) is 18.8 Å². The number of benzene rings is 1. The summed E-state index contributed by atoms with van der Waals surface area (Å²) in [5.41, 5.74) is 7.33. The Kier molecular flexibility index (Phi) is 5.49. The molecule has 2 amide bonds. The van der Waals surface area contributed by atoms with Crippen molar-refractivity contribution in [1.82, 2.24) is 5.32 Å². The van der Waals surface area contributed by atoms with Crippen LogP contribution in [0.2, 0.25) is 0 Å². The van der Waals surface area contributed by atoms with Crippen LogP contribution in [0.4, 0.5) is 10.5 Å². The molecule has 1 aromatic carbocycles. The maximum absolute atomic E-state index is 11.5. The topological polar surface area (TPSA) is 67.2 Å². The first-order chi connectivity index (χ1) is 8.11. The van der Waals surface area contributed by atoms with Crippen molar-refractivity contribution < 1.29 is 4.79 Å². The molecular weight excluding hydrogens is 214 g/mol. The van der Waals surface area contributed by atoms with E-state index in [9.17, 15) is 4.79 Å². The van der Waals surface area contributed by atoms with Gasteiger partial charge in [0.1, 0.15) is 0 Å². The molecule has 4 heteroatoms. The van der Waals surface area contributed by atoms with Crippen LogP contribution < -0.4 is 16.4 Å². The first kappa shape index (κ1) is 13.5. The molecule has 1 rings (SSSR count). The van der Waals surface area contributed by atoms with E-state index in [0.29, 0.717) is 19.0 Å². The van der Waals surface area contributed by atoms with Crippen LogP contribution in [0.1, 0.15) is 25.8 Å². The summed E-state index contributed by atoms with van der Waals surface area (Å²) < 4.78 is 0. The summed E-state index contributed by atoms with van der Waals surface area (Å²) in [6.45, 7) is 5.47. The summed E-state index contributed by atoms with van der Waals surface area (Å²) in [4.78, 5) is 11.5. The normalized spacial score (nSPS) is 10.4. The zero-order valence-corrected chi connectivity index (χ0v) is 10.5. The van der Waals surface area contributed by atoms with Crippen LogP contribution in [-0.4, -0.2) is 12.6 Å². The number of amides is 2. The number of nitrogens with one attached hydrogen (secondary N) is 2. The van der Waals surface area contributed by atoms with Gasteiger partial charge in [-0.1, -0.05) is 26.0 Å². The van der Waals surface area contributed by atoms with Gasteiger partial charge in [0.2, 0.25) is 0 Å². The molecule has 0 radical (unpaired) electrons. The summed E-state index contributed by atoms with van der Waals surface area (Å²) in [6.07, 6.45) is 0.986. The number of rotatable bonds is 5. The Bertz CT molecular complexity index is 346. The van der Waals surface area contributed by atoms with Crippen molar-refractivity contribution in [2.24, 2.45) is 11.7 Å². The number of carbonyl (C=O) groups is 1. The van der Waals surface area contributed by atoms with E-state index in [1.165, 1.54) is 0 Å². The lowest BCUT2D eigenvalue weighted by atomic mass is 10.1. The van der Waals surface area contributed by atoms with E-state index in [-0.39, 0.29) is 6.03 Å². The monoisotopic (exact) mass is 235 g/mol. The van der Waals surface area contributed by atoms with Crippen molar-refractivity contribution in [3.05, 3.63) is 29.8 Å². The number of hydrogen-bond donors (Lipinski definition) is 3. The van der Waals surface area contributed by atoms with Crippen LogP contribution in [0.3, 0.4) is 0 Å². The smallest absolute Gasteiger partial charge is 0.319 e. The van der Waals surface area contributed by atoms with Gasteiger partial charge in [-0.3, -0.25) is 0 Å². The van der Waals surface area contributed by atoms with E-state index in [1.807, 2.05) is 24.3 Å². The SMILES string of the molecule is CC(C)CCNC(=O)Nc1ccc(CN)cc1. The van der Waals surface area contributed by atoms with Gasteiger partial charge in [-0.25, -0.2) is 4.79 Å². The molecule has 0 saturated heterocycles. The number of hydrogen-bond acceptors (Lipinski definition) is 2. The minimum Gasteiger partial charge on any atom is -0.338 e. The summed E-state index contributed by atoms with van der Waals surface area (Å²) >= 11 is 0. The second kappa shape index (κ2) is 6.91. The zero-order valence-electron chi connectivity index (χ0n) is 10.5. The highest BCUT2D eigenvalue weighted by molar-refractivity contribution is 5.89.